The van der Waals surface area contributed by atoms with E-state index in [9.17, 15) is 4.79 Å². The predicted molar refractivity (Wildman–Crippen MR) is 93.1 cm³/mol. The van der Waals surface area contributed by atoms with Crippen LogP contribution < -0.4 is 10.6 Å². The number of amides is 1. The van der Waals surface area contributed by atoms with Crippen molar-refractivity contribution < 1.29 is 4.79 Å². The maximum absolute atomic E-state index is 12.4. The molecule has 1 aliphatic rings. The van der Waals surface area contributed by atoms with Gasteiger partial charge in [0.2, 0.25) is 0 Å². The average molecular weight is 343 g/mol. The molecule has 0 aromatic carbocycles. The zero-order valence-electron chi connectivity index (χ0n) is 13.2. The number of rotatable bonds is 3. The lowest BCUT2D eigenvalue weighted by atomic mass is 9.81. The molecule has 1 saturated heterocycles. The molecule has 1 amide bonds. The number of piperidine rings is 1. The fourth-order valence-electron chi connectivity index (χ4n) is 2.91. The van der Waals surface area contributed by atoms with Crippen LogP contribution in [0.2, 0.25) is 0 Å². The first-order chi connectivity index (χ1) is 9.98. The van der Waals surface area contributed by atoms with E-state index in [1.54, 1.807) is 0 Å². The molecule has 0 saturated carbocycles. The number of halogens is 1. The molecule has 0 aliphatic carbocycles. The van der Waals surface area contributed by atoms with E-state index in [2.05, 4.69) is 22.7 Å². The molecule has 3 rings (SSSR count). The standard InChI is InChI=1S/C15H22N4OS.ClH/c1-10-11-8-12(21-14(11)19(3)18-10)13(20)17-9-15(2)4-6-16-7-5-15;/h8,16H,4-7,9H2,1-3H3,(H,17,20);1H. The summed E-state index contributed by atoms with van der Waals surface area (Å²) in [6, 6.07) is 1.96. The number of thiophene rings is 1. The first kappa shape index (κ1) is 17.2. The van der Waals surface area contributed by atoms with Gasteiger partial charge >= 0.3 is 0 Å². The van der Waals surface area contributed by atoms with E-state index >= 15 is 0 Å². The van der Waals surface area contributed by atoms with Crippen LogP contribution in [0.25, 0.3) is 10.2 Å². The summed E-state index contributed by atoms with van der Waals surface area (Å²) in [6.07, 6.45) is 2.23. The summed E-state index contributed by atoms with van der Waals surface area (Å²) >= 11 is 1.51. The maximum atomic E-state index is 12.4. The number of nitrogens with zero attached hydrogens (tertiary/aromatic N) is 2. The van der Waals surface area contributed by atoms with Crippen LogP contribution in [0, 0.1) is 12.3 Å². The molecule has 1 aliphatic heterocycles. The maximum Gasteiger partial charge on any atom is 0.261 e. The molecule has 1 fully saturated rings. The minimum absolute atomic E-state index is 0. The molecular weight excluding hydrogens is 320 g/mol. The summed E-state index contributed by atoms with van der Waals surface area (Å²) in [5, 5.41) is 11.9. The first-order valence-electron chi connectivity index (χ1n) is 7.41. The Bertz CT molecular complexity index is 638. The molecule has 5 nitrogen and oxygen atoms in total. The number of aromatic nitrogens is 2. The number of hydrogen-bond acceptors (Lipinski definition) is 4. The first-order valence-corrected chi connectivity index (χ1v) is 8.22. The van der Waals surface area contributed by atoms with Gasteiger partial charge in [-0.05, 0) is 44.3 Å². The largest absolute Gasteiger partial charge is 0.351 e. The average Bonchev–Trinajstić information content (AvgIpc) is 3.00. The summed E-state index contributed by atoms with van der Waals surface area (Å²) in [5.74, 6) is 0.0374. The fourth-order valence-corrected chi connectivity index (χ4v) is 3.94. The van der Waals surface area contributed by atoms with Crippen molar-refractivity contribution in [2.24, 2.45) is 12.5 Å². The van der Waals surface area contributed by atoms with E-state index in [0.717, 1.165) is 53.3 Å². The third kappa shape index (κ3) is 3.29. The van der Waals surface area contributed by atoms with Crippen molar-refractivity contribution in [3.8, 4) is 0 Å². The number of aryl methyl sites for hydroxylation is 2. The number of hydrogen-bond donors (Lipinski definition) is 2. The van der Waals surface area contributed by atoms with Crippen LogP contribution in [-0.2, 0) is 7.05 Å². The molecule has 22 heavy (non-hydrogen) atoms. The SMILES string of the molecule is Cc1nn(C)c2sc(C(=O)NCC3(C)CCNCC3)cc12.Cl. The summed E-state index contributed by atoms with van der Waals surface area (Å²) in [6.45, 7) is 7.07. The number of carbonyl (C=O) groups is 1. The van der Waals surface area contributed by atoms with Crippen LogP contribution in [0.15, 0.2) is 6.07 Å². The Labute approximate surface area is 140 Å². The predicted octanol–water partition coefficient (Wildman–Crippen LogP) is 2.48. The minimum atomic E-state index is 0. The fraction of sp³-hybridized carbons (Fsp3) is 0.600. The van der Waals surface area contributed by atoms with Crippen molar-refractivity contribution >= 4 is 39.9 Å². The van der Waals surface area contributed by atoms with Gasteiger partial charge in [-0.3, -0.25) is 9.48 Å². The number of carbonyl (C=O) groups excluding carboxylic acids is 1. The molecule has 0 radical (unpaired) electrons. The topological polar surface area (TPSA) is 59.0 Å². The van der Waals surface area contributed by atoms with Crippen molar-refractivity contribution in [3.63, 3.8) is 0 Å². The van der Waals surface area contributed by atoms with Gasteiger partial charge in [-0.2, -0.15) is 5.10 Å². The van der Waals surface area contributed by atoms with Gasteiger partial charge in [0, 0.05) is 19.0 Å². The highest BCUT2D eigenvalue weighted by Gasteiger charge is 2.27. The zero-order valence-corrected chi connectivity index (χ0v) is 14.9. The highest BCUT2D eigenvalue weighted by Crippen LogP contribution is 2.29. The number of fused-ring (bicyclic) bond motifs is 1. The van der Waals surface area contributed by atoms with Gasteiger partial charge in [-0.25, -0.2) is 0 Å². The van der Waals surface area contributed by atoms with E-state index in [1.807, 2.05) is 24.7 Å². The highest BCUT2D eigenvalue weighted by atomic mass is 35.5. The molecule has 0 bridgehead atoms. The number of nitrogens with one attached hydrogen (secondary N) is 2. The Kier molecular flexibility index (Phi) is 5.14. The Balaban J connectivity index is 0.00000176. The summed E-state index contributed by atoms with van der Waals surface area (Å²) in [4.78, 5) is 14.2. The van der Waals surface area contributed by atoms with E-state index in [0.29, 0.717) is 0 Å². The van der Waals surface area contributed by atoms with E-state index in [-0.39, 0.29) is 23.7 Å². The molecule has 7 heteroatoms. The van der Waals surface area contributed by atoms with Gasteiger partial charge in [0.05, 0.1) is 10.6 Å². The Hall–Kier alpha value is -1.11. The Morgan fingerprint density at radius 1 is 1.50 bits per heavy atom. The minimum Gasteiger partial charge on any atom is -0.351 e. The highest BCUT2D eigenvalue weighted by molar-refractivity contribution is 7.20. The van der Waals surface area contributed by atoms with E-state index in [1.165, 1.54) is 11.3 Å². The molecule has 0 atom stereocenters. The molecule has 2 aromatic rings. The van der Waals surface area contributed by atoms with Crippen LogP contribution in [0.4, 0.5) is 0 Å². The second kappa shape index (κ2) is 6.56. The summed E-state index contributed by atoms with van der Waals surface area (Å²) < 4.78 is 1.85. The molecule has 2 N–H and O–H groups in total. The summed E-state index contributed by atoms with van der Waals surface area (Å²) in [7, 11) is 1.92. The third-order valence-corrected chi connectivity index (χ3v) is 5.61. The van der Waals surface area contributed by atoms with Crippen molar-refractivity contribution in [1.29, 1.82) is 0 Å². The van der Waals surface area contributed by atoms with Gasteiger partial charge in [-0.1, -0.05) is 6.92 Å². The Morgan fingerprint density at radius 3 is 2.82 bits per heavy atom. The van der Waals surface area contributed by atoms with Crippen LogP contribution >= 0.6 is 23.7 Å². The van der Waals surface area contributed by atoms with Crippen molar-refractivity contribution in [3.05, 3.63) is 16.6 Å². The second-order valence-electron chi connectivity index (χ2n) is 6.28. The zero-order chi connectivity index (χ0) is 15.0. The van der Waals surface area contributed by atoms with Gasteiger partial charge in [0.1, 0.15) is 4.83 Å². The lowest BCUT2D eigenvalue weighted by molar-refractivity contribution is 0.0926. The van der Waals surface area contributed by atoms with Crippen molar-refractivity contribution in [2.75, 3.05) is 19.6 Å². The van der Waals surface area contributed by atoms with Gasteiger partial charge in [0.25, 0.3) is 5.91 Å². The molecule has 122 valence electrons. The lowest BCUT2D eigenvalue weighted by Gasteiger charge is -2.34. The Morgan fingerprint density at radius 2 is 2.18 bits per heavy atom. The van der Waals surface area contributed by atoms with Crippen molar-refractivity contribution in [2.45, 2.75) is 26.7 Å². The molecule has 2 aromatic heterocycles. The quantitative estimate of drug-likeness (QED) is 0.901. The van der Waals surface area contributed by atoms with Crippen molar-refractivity contribution in [1.82, 2.24) is 20.4 Å². The van der Waals surface area contributed by atoms with Crippen LogP contribution in [-0.4, -0.2) is 35.3 Å². The van der Waals surface area contributed by atoms with Gasteiger partial charge in [-0.15, -0.1) is 23.7 Å². The molecule has 3 heterocycles. The molecular formula is C15H23ClN4OS. The third-order valence-electron chi connectivity index (χ3n) is 4.41. The van der Waals surface area contributed by atoms with E-state index < -0.39 is 0 Å². The van der Waals surface area contributed by atoms with Crippen LogP contribution in [0.5, 0.6) is 0 Å². The van der Waals surface area contributed by atoms with Gasteiger partial charge < -0.3 is 10.6 Å². The summed E-state index contributed by atoms with van der Waals surface area (Å²) in [5.41, 5.74) is 1.20. The second-order valence-corrected chi connectivity index (χ2v) is 7.31. The molecule has 0 unspecified atom stereocenters. The smallest absolute Gasteiger partial charge is 0.261 e. The van der Waals surface area contributed by atoms with Crippen LogP contribution in [0.1, 0.15) is 35.1 Å². The molecule has 0 spiro atoms. The van der Waals surface area contributed by atoms with Crippen LogP contribution in [0.3, 0.4) is 0 Å². The normalized spacial score (nSPS) is 17.2. The van der Waals surface area contributed by atoms with E-state index in [4.69, 9.17) is 0 Å². The lowest BCUT2D eigenvalue weighted by Crippen LogP contribution is -2.42. The van der Waals surface area contributed by atoms with Gasteiger partial charge in [0.15, 0.2) is 0 Å². The monoisotopic (exact) mass is 342 g/mol.